The van der Waals surface area contributed by atoms with Gasteiger partial charge in [0.25, 0.3) is 0 Å². The summed E-state index contributed by atoms with van der Waals surface area (Å²) >= 11 is 2.03. The number of nitrogens with zero attached hydrogens (tertiary/aromatic N) is 3. The number of benzene rings is 1. The van der Waals surface area contributed by atoms with E-state index in [2.05, 4.69) is 15.5 Å². The van der Waals surface area contributed by atoms with Gasteiger partial charge in [-0.3, -0.25) is 4.79 Å². The Balaban J connectivity index is 1.73. The molecule has 3 rings (SSSR count). The third kappa shape index (κ3) is 7.12. The highest BCUT2D eigenvalue weighted by Crippen LogP contribution is 2.35. The van der Waals surface area contributed by atoms with Crippen LogP contribution in [-0.4, -0.2) is 51.6 Å². The Morgan fingerprint density at radius 3 is 2.44 bits per heavy atom. The second-order valence-electron chi connectivity index (χ2n) is 7.96. The van der Waals surface area contributed by atoms with E-state index in [0.29, 0.717) is 23.1 Å². The molecule has 0 saturated carbocycles. The molecular weight excluding hydrogens is 554 g/mol. The number of nitrogens with one attached hydrogen (secondary N) is 1. The molecule has 10 nitrogen and oxygen atoms in total. The fourth-order valence-electron chi connectivity index (χ4n) is 3.55. The number of anilines is 1. The molecule has 1 atom stereocenters. The summed E-state index contributed by atoms with van der Waals surface area (Å²) in [6.07, 6.45) is -0.719. The minimum absolute atomic E-state index is 0.0894. The molecule has 1 N–H and O–H groups in total. The summed E-state index contributed by atoms with van der Waals surface area (Å²) in [7, 11) is 0. The summed E-state index contributed by atoms with van der Waals surface area (Å²) < 4.78 is 44.7. The maximum Gasteiger partial charge on any atom is 0.348 e. The van der Waals surface area contributed by atoms with Crippen molar-refractivity contribution in [3.05, 3.63) is 51.7 Å². The molecule has 210 valence electrons. The Morgan fingerprint density at radius 1 is 1.10 bits per heavy atom. The van der Waals surface area contributed by atoms with Crippen LogP contribution in [0.5, 0.6) is 5.75 Å². The molecule has 0 fully saturated rings. The van der Waals surface area contributed by atoms with Gasteiger partial charge in [0.05, 0.1) is 24.5 Å². The highest BCUT2D eigenvalue weighted by molar-refractivity contribution is 7.99. The monoisotopic (exact) mass is 582 g/mol. The molecule has 0 radical (unpaired) electrons. The quantitative estimate of drug-likeness (QED) is 0.228. The van der Waals surface area contributed by atoms with Gasteiger partial charge < -0.3 is 24.1 Å². The summed E-state index contributed by atoms with van der Waals surface area (Å²) in [6.45, 7) is 9.12. The van der Waals surface area contributed by atoms with Gasteiger partial charge in [-0.1, -0.05) is 11.8 Å². The fraction of sp³-hybridized carbons (Fsp3) is 0.400. The van der Waals surface area contributed by atoms with Crippen molar-refractivity contribution < 1.29 is 37.4 Å². The zero-order valence-corrected chi connectivity index (χ0v) is 23.6. The molecule has 2 aromatic heterocycles. The smallest absolute Gasteiger partial charge is 0.348 e. The van der Waals surface area contributed by atoms with Crippen molar-refractivity contribution in [2.75, 3.05) is 24.3 Å². The zero-order chi connectivity index (χ0) is 28.7. The summed E-state index contributed by atoms with van der Waals surface area (Å²) in [4.78, 5) is 37.9. The van der Waals surface area contributed by atoms with Crippen molar-refractivity contribution in [2.24, 2.45) is 0 Å². The number of rotatable bonds is 12. The lowest BCUT2D eigenvalue weighted by atomic mass is 10.1. The number of carbonyl (C=O) groups is 3. The number of amides is 1. The van der Waals surface area contributed by atoms with Crippen molar-refractivity contribution in [3.63, 3.8) is 0 Å². The number of hydrogen-bond acceptors (Lipinski definition) is 10. The lowest BCUT2D eigenvalue weighted by Gasteiger charge is -2.16. The van der Waals surface area contributed by atoms with Crippen LogP contribution in [-0.2, 0) is 20.8 Å². The van der Waals surface area contributed by atoms with E-state index in [-0.39, 0.29) is 40.2 Å². The number of ether oxygens (including phenoxy) is 3. The van der Waals surface area contributed by atoms with E-state index >= 15 is 0 Å². The van der Waals surface area contributed by atoms with Crippen LogP contribution in [0.2, 0.25) is 0 Å². The van der Waals surface area contributed by atoms with Gasteiger partial charge in [0.15, 0.2) is 28.7 Å². The van der Waals surface area contributed by atoms with Crippen LogP contribution in [0.15, 0.2) is 23.4 Å². The summed E-state index contributed by atoms with van der Waals surface area (Å²) in [5, 5.41) is 11.5. The van der Waals surface area contributed by atoms with Crippen molar-refractivity contribution in [1.29, 1.82) is 0 Å². The molecular formula is C25H28F2N4O6S2. The van der Waals surface area contributed by atoms with E-state index in [1.165, 1.54) is 6.07 Å². The summed E-state index contributed by atoms with van der Waals surface area (Å²) in [5.41, 5.74) is 0.461. The Bertz CT molecular complexity index is 1360. The zero-order valence-electron chi connectivity index (χ0n) is 22.0. The van der Waals surface area contributed by atoms with Gasteiger partial charge in [0, 0.05) is 12.6 Å². The molecule has 0 aliphatic carbocycles. The second kappa shape index (κ2) is 13.5. The maximum absolute atomic E-state index is 14.0. The number of halogens is 2. The lowest BCUT2D eigenvalue weighted by molar-refractivity contribution is -0.113. The molecule has 3 aromatic rings. The van der Waals surface area contributed by atoms with E-state index in [1.807, 2.05) is 6.92 Å². The van der Waals surface area contributed by atoms with Crippen LogP contribution >= 0.6 is 23.1 Å². The SMILES string of the molecule is CCOC(=O)c1sc(NC(=O)CSc2nnc(C(C)Oc3ccc(F)cc3F)n2CC)c(C(=O)OCC)c1C. The molecule has 14 heteroatoms. The first-order valence-corrected chi connectivity index (χ1v) is 13.9. The number of hydrogen-bond donors (Lipinski definition) is 1. The van der Waals surface area contributed by atoms with E-state index in [4.69, 9.17) is 14.2 Å². The van der Waals surface area contributed by atoms with E-state index in [9.17, 15) is 23.2 Å². The highest BCUT2D eigenvalue weighted by Gasteiger charge is 2.28. The Hall–Kier alpha value is -3.52. The molecule has 0 aliphatic rings. The molecule has 0 spiro atoms. The fourth-order valence-corrected chi connectivity index (χ4v) is 5.47. The van der Waals surface area contributed by atoms with Crippen molar-refractivity contribution in [1.82, 2.24) is 14.8 Å². The van der Waals surface area contributed by atoms with Crippen molar-refractivity contribution >= 4 is 45.9 Å². The third-order valence-corrected chi connectivity index (χ3v) is 7.45. The third-order valence-electron chi connectivity index (χ3n) is 5.30. The van der Waals surface area contributed by atoms with Crippen LogP contribution < -0.4 is 10.1 Å². The van der Waals surface area contributed by atoms with Gasteiger partial charge in [-0.25, -0.2) is 18.4 Å². The average molecular weight is 583 g/mol. The predicted molar refractivity (Wildman–Crippen MR) is 141 cm³/mol. The molecule has 2 heterocycles. The minimum Gasteiger partial charge on any atom is -0.480 e. The van der Waals surface area contributed by atoms with Gasteiger partial charge in [-0.05, 0) is 52.3 Å². The molecule has 39 heavy (non-hydrogen) atoms. The Morgan fingerprint density at radius 2 is 1.79 bits per heavy atom. The number of aromatic nitrogens is 3. The predicted octanol–water partition coefficient (Wildman–Crippen LogP) is 5.17. The average Bonchev–Trinajstić information content (AvgIpc) is 3.45. The first-order valence-electron chi connectivity index (χ1n) is 12.1. The normalized spacial score (nSPS) is 11.7. The molecule has 1 amide bonds. The van der Waals surface area contributed by atoms with Crippen LogP contribution in [0.3, 0.4) is 0 Å². The van der Waals surface area contributed by atoms with Gasteiger partial charge in [0.2, 0.25) is 5.91 Å². The topological polar surface area (TPSA) is 122 Å². The molecule has 1 aromatic carbocycles. The number of thioether (sulfide) groups is 1. The van der Waals surface area contributed by atoms with Crippen LogP contribution in [0.1, 0.15) is 65.2 Å². The van der Waals surface area contributed by atoms with Gasteiger partial charge in [-0.15, -0.1) is 21.5 Å². The number of esters is 2. The van der Waals surface area contributed by atoms with Gasteiger partial charge in [-0.2, -0.15) is 0 Å². The standard InChI is InChI=1S/C25H28F2N4O6S2/c1-6-31-21(14(5)37-17-10-9-15(26)11-16(17)27)29-30-25(31)38-12-18(32)28-22-19(23(33)35-7-2)13(4)20(39-22)24(34)36-8-3/h9-11,14H,6-8,12H2,1-5H3,(H,28,32). The van der Waals surface area contributed by atoms with Crippen molar-refractivity contribution in [2.45, 2.75) is 52.4 Å². The summed E-state index contributed by atoms with van der Waals surface area (Å²) in [6, 6.07) is 3.01. The van der Waals surface area contributed by atoms with Gasteiger partial charge in [0.1, 0.15) is 15.7 Å². The molecule has 0 aliphatic heterocycles. The van der Waals surface area contributed by atoms with E-state index in [0.717, 1.165) is 35.2 Å². The first-order chi connectivity index (χ1) is 18.6. The molecule has 0 bridgehead atoms. The Kier molecular flexibility index (Phi) is 10.4. The molecule has 0 saturated heterocycles. The van der Waals surface area contributed by atoms with E-state index < -0.39 is 35.6 Å². The van der Waals surface area contributed by atoms with Gasteiger partial charge >= 0.3 is 11.9 Å². The maximum atomic E-state index is 14.0. The van der Waals surface area contributed by atoms with Crippen LogP contribution in [0.25, 0.3) is 0 Å². The summed E-state index contributed by atoms with van der Waals surface area (Å²) in [5.74, 6) is -3.10. The Labute approximate surface area is 232 Å². The minimum atomic E-state index is -0.840. The van der Waals surface area contributed by atoms with Crippen LogP contribution in [0, 0.1) is 18.6 Å². The highest BCUT2D eigenvalue weighted by atomic mass is 32.2. The number of thiophene rings is 1. The largest absolute Gasteiger partial charge is 0.480 e. The first kappa shape index (κ1) is 30.0. The van der Waals surface area contributed by atoms with E-state index in [1.54, 1.807) is 32.3 Å². The van der Waals surface area contributed by atoms with Crippen molar-refractivity contribution in [3.8, 4) is 5.75 Å². The lowest BCUT2D eigenvalue weighted by Crippen LogP contribution is -2.17. The van der Waals surface area contributed by atoms with Crippen LogP contribution in [0.4, 0.5) is 13.8 Å². The number of carbonyl (C=O) groups excluding carboxylic acids is 3. The second-order valence-corrected chi connectivity index (χ2v) is 9.92. The molecule has 1 unspecified atom stereocenters.